The molecule has 0 saturated carbocycles. The second-order valence-corrected chi connectivity index (χ2v) is 3.98. The Labute approximate surface area is 92.2 Å². The molecule has 0 fully saturated rings. The Morgan fingerprint density at radius 3 is 2.67 bits per heavy atom. The van der Waals surface area contributed by atoms with Gasteiger partial charge in [0.1, 0.15) is 6.10 Å². The van der Waals surface area contributed by atoms with Gasteiger partial charge in [0.15, 0.2) is 0 Å². The molecule has 0 aliphatic rings. The Morgan fingerprint density at radius 1 is 1.60 bits per heavy atom. The highest BCUT2D eigenvalue weighted by molar-refractivity contribution is 7.98. The average Bonchev–Trinajstić information content (AvgIpc) is 2.18. The van der Waals surface area contributed by atoms with Gasteiger partial charge in [0.25, 0.3) is 0 Å². The van der Waals surface area contributed by atoms with Gasteiger partial charge in [-0.15, -0.1) is 0 Å². The Balaban J connectivity index is 4.12. The highest BCUT2D eigenvalue weighted by Crippen LogP contribution is 2.24. The molecule has 15 heavy (non-hydrogen) atoms. The van der Waals surface area contributed by atoms with Crippen LogP contribution in [0.2, 0.25) is 0 Å². The van der Waals surface area contributed by atoms with E-state index in [0.29, 0.717) is 12.2 Å². The smallest absolute Gasteiger partial charge is 0.379 e. The number of esters is 1. The van der Waals surface area contributed by atoms with Gasteiger partial charge in [-0.1, -0.05) is 0 Å². The normalized spacial score (nSPS) is 13.7. The van der Waals surface area contributed by atoms with E-state index >= 15 is 0 Å². The second-order valence-electron chi connectivity index (χ2n) is 2.99. The van der Waals surface area contributed by atoms with Crippen molar-refractivity contribution in [2.24, 2.45) is 0 Å². The van der Waals surface area contributed by atoms with E-state index in [1.165, 1.54) is 18.7 Å². The fraction of sp³-hybridized carbons (Fsp3) is 0.889. The summed E-state index contributed by atoms with van der Waals surface area (Å²) in [6.07, 6.45) is 0.226. The van der Waals surface area contributed by atoms with Crippen molar-refractivity contribution in [1.29, 1.82) is 0 Å². The van der Waals surface area contributed by atoms with Crippen molar-refractivity contribution in [1.82, 2.24) is 0 Å². The molecule has 0 aromatic heterocycles. The molecule has 0 heterocycles. The van der Waals surface area contributed by atoms with Crippen LogP contribution in [0.1, 0.15) is 19.8 Å². The lowest BCUT2D eigenvalue weighted by atomic mass is 10.1. The summed E-state index contributed by atoms with van der Waals surface area (Å²) in [7, 11) is 0. The minimum atomic E-state index is -3.80. The molecule has 6 heteroatoms. The largest absolute Gasteiger partial charge is 0.461 e. The number of rotatable bonds is 7. The Kier molecular flexibility index (Phi) is 6.84. The second kappa shape index (κ2) is 7.00. The Bertz CT molecular complexity index is 200. The number of ether oxygens (including phenoxy) is 1. The van der Waals surface area contributed by atoms with Crippen molar-refractivity contribution in [3.8, 4) is 0 Å². The number of alkyl halides is 2. The summed E-state index contributed by atoms with van der Waals surface area (Å²) in [5, 5.41) is 9.14. The summed E-state index contributed by atoms with van der Waals surface area (Å²) >= 11 is 1.50. The van der Waals surface area contributed by atoms with Gasteiger partial charge in [0.05, 0.1) is 6.61 Å². The molecule has 0 saturated heterocycles. The number of aliphatic hydroxyl groups is 1. The van der Waals surface area contributed by atoms with Crippen LogP contribution in [0.25, 0.3) is 0 Å². The summed E-state index contributed by atoms with van der Waals surface area (Å²) in [6.45, 7) is 1.32. The molecule has 0 radical (unpaired) electrons. The van der Waals surface area contributed by atoms with Crippen LogP contribution in [0, 0.1) is 0 Å². The first-order chi connectivity index (χ1) is 6.96. The lowest BCUT2D eigenvalue weighted by Gasteiger charge is -2.20. The fourth-order valence-corrected chi connectivity index (χ4v) is 1.42. The predicted octanol–water partition coefficient (Wildman–Crippen LogP) is 1.69. The molecule has 0 spiro atoms. The van der Waals surface area contributed by atoms with E-state index in [1.54, 1.807) is 0 Å². The lowest BCUT2D eigenvalue weighted by Crippen LogP contribution is -2.42. The molecule has 0 aromatic rings. The molecule has 3 nitrogen and oxygen atoms in total. The van der Waals surface area contributed by atoms with Crippen LogP contribution in [0.3, 0.4) is 0 Å². The maximum Gasteiger partial charge on any atom is 0.379 e. The van der Waals surface area contributed by atoms with Gasteiger partial charge in [0, 0.05) is 0 Å². The van der Waals surface area contributed by atoms with Crippen LogP contribution in [-0.2, 0) is 9.53 Å². The Hall–Kier alpha value is -0.360. The van der Waals surface area contributed by atoms with Crippen LogP contribution in [0.4, 0.5) is 8.78 Å². The molecule has 90 valence electrons. The Morgan fingerprint density at radius 2 is 2.20 bits per heavy atom. The van der Waals surface area contributed by atoms with Crippen molar-refractivity contribution >= 4 is 17.7 Å². The predicted molar refractivity (Wildman–Crippen MR) is 55.2 cm³/mol. The van der Waals surface area contributed by atoms with Gasteiger partial charge in [-0.25, -0.2) is 4.79 Å². The van der Waals surface area contributed by atoms with Crippen LogP contribution in [0.15, 0.2) is 0 Å². The lowest BCUT2D eigenvalue weighted by molar-refractivity contribution is -0.188. The van der Waals surface area contributed by atoms with Gasteiger partial charge < -0.3 is 9.84 Å². The van der Waals surface area contributed by atoms with Gasteiger partial charge in [-0.05, 0) is 31.8 Å². The van der Waals surface area contributed by atoms with E-state index < -0.39 is 18.0 Å². The van der Waals surface area contributed by atoms with E-state index in [0.717, 1.165) is 0 Å². The standard InChI is InChI=1S/C9H16F2O3S/c1-3-14-8(13)9(10,11)7(12)5-4-6-15-2/h7,12H,3-6H2,1-2H3. The van der Waals surface area contributed by atoms with E-state index in [-0.39, 0.29) is 13.0 Å². The molecule has 0 aliphatic carbocycles. The van der Waals surface area contributed by atoms with Gasteiger partial charge >= 0.3 is 11.9 Å². The quantitative estimate of drug-likeness (QED) is 0.545. The highest BCUT2D eigenvalue weighted by atomic mass is 32.2. The zero-order valence-electron chi connectivity index (χ0n) is 8.83. The molecule has 0 amide bonds. The maximum atomic E-state index is 13.1. The monoisotopic (exact) mass is 242 g/mol. The number of aliphatic hydroxyl groups excluding tert-OH is 1. The van der Waals surface area contributed by atoms with E-state index in [9.17, 15) is 13.6 Å². The summed E-state index contributed by atoms with van der Waals surface area (Å²) in [5.41, 5.74) is 0. The maximum absolute atomic E-state index is 13.1. The first-order valence-corrected chi connectivity index (χ1v) is 6.08. The fourth-order valence-electron chi connectivity index (χ4n) is 0.966. The molecule has 0 rings (SSSR count). The summed E-state index contributed by atoms with van der Waals surface area (Å²) in [5.74, 6) is -4.77. The third-order valence-corrected chi connectivity index (χ3v) is 2.49. The first-order valence-electron chi connectivity index (χ1n) is 4.68. The van der Waals surface area contributed by atoms with E-state index in [4.69, 9.17) is 5.11 Å². The van der Waals surface area contributed by atoms with Crippen molar-refractivity contribution in [2.45, 2.75) is 31.8 Å². The van der Waals surface area contributed by atoms with E-state index in [1.807, 2.05) is 6.26 Å². The van der Waals surface area contributed by atoms with Crippen LogP contribution >= 0.6 is 11.8 Å². The SMILES string of the molecule is CCOC(=O)C(F)(F)C(O)CCCSC. The molecule has 0 aromatic carbocycles. The molecule has 0 bridgehead atoms. The summed E-state index contributed by atoms with van der Waals surface area (Å²) < 4.78 is 30.4. The molecular weight excluding hydrogens is 226 g/mol. The minimum absolute atomic E-state index is 0.105. The molecule has 1 N–H and O–H groups in total. The van der Waals surface area contributed by atoms with Crippen molar-refractivity contribution < 1.29 is 23.4 Å². The topological polar surface area (TPSA) is 46.5 Å². The molecule has 1 unspecified atom stereocenters. The van der Waals surface area contributed by atoms with Crippen molar-refractivity contribution in [3.63, 3.8) is 0 Å². The van der Waals surface area contributed by atoms with Crippen molar-refractivity contribution in [2.75, 3.05) is 18.6 Å². The highest BCUT2D eigenvalue weighted by Gasteiger charge is 2.47. The summed E-state index contributed by atoms with van der Waals surface area (Å²) in [6, 6.07) is 0. The molecule has 0 aliphatic heterocycles. The van der Waals surface area contributed by atoms with Crippen LogP contribution in [-0.4, -0.2) is 41.7 Å². The molecular formula is C9H16F2O3S. The van der Waals surface area contributed by atoms with Crippen molar-refractivity contribution in [3.05, 3.63) is 0 Å². The average molecular weight is 242 g/mol. The number of carbonyl (C=O) groups is 1. The first kappa shape index (κ1) is 14.6. The minimum Gasteiger partial charge on any atom is -0.461 e. The number of hydrogen-bond donors (Lipinski definition) is 1. The van der Waals surface area contributed by atoms with Crippen LogP contribution < -0.4 is 0 Å². The number of carbonyl (C=O) groups excluding carboxylic acids is 1. The van der Waals surface area contributed by atoms with Gasteiger partial charge in [-0.2, -0.15) is 20.5 Å². The third kappa shape index (κ3) is 4.79. The number of hydrogen-bond acceptors (Lipinski definition) is 4. The summed E-state index contributed by atoms with van der Waals surface area (Å²) in [4.78, 5) is 10.8. The zero-order chi connectivity index (χ0) is 11.9. The zero-order valence-corrected chi connectivity index (χ0v) is 9.65. The van der Waals surface area contributed by atoms with Crippen LogP contribution in [0.5, 0.6) is 0 Å². The third-order valence-electron chi connectivity index (χ3n) is 1.79. The van der Waals surface area contributed by atoms with Gasteiger partial charge in [-0.3, -0.25) is 0 Å². The number of halogens is 2. The van der Waals surface area contributed by atoms with E-state index in [2.05, 4.69) is 4.74 Å². The number of thioether (sulfide) groups is 1. The van der Waals surface area contributed by atoms with Gasteiger partial charge in [0.2, 0.25) is 0 Å². The molecule has 1 atom stereocenters.